The second-order valence-corrected chi connectivity index (χ2v) is 4.52. The van der Waals surface area contributed by atoms with Crippen LogP contribution in [0.4, 0.5) is 5.82 Å². The summed E-state index contributed by atoms with van der Waals surface area (Å²) < 4.78 is 0. The van der Waals surface area contributed by atoms with E-state index in [-0.39, 0.29) is 21.4 Å². The first-order chi connectivity index (χ1) is 9.35. The number of nitrogens with one attached hydrogen (secondary N) is 2. The molecule has 1 unspecified atom stereocenters. The van der Waals surface area contributed by atoms with E-state index >= 15 is 0 Å². The average molecular weight is 291 g/mol. The average Bonchev–Trinajstić information content (AvgIpc) is 2.48. The van der Waals surface area contributed by atoms with E-state index in [1.54, 1.807) is 12.3 Å². The molecule has 2 aliphatic rings. The fourth-order valence-electron chi connectivity index (χ4n) is 2.16. The number of nitriles is 1. The summed E-state index contributed by atoms with van der Waals surface area (Å²) in [6.45, 7) is 0. The summed E-state index contributed by atoms with van der Waals surface area (Å²) in [4.78, 5) is 4.59. The van der Waals surface area contributed by atoms with Gasteiger partial charge in [-0.1, -0.05) is 12.2 Å². The van der Waals surface area contributed by atoms with Crippen molar-refractivity contribution in [2.75, 3.05) is 5.32 Å². The largest absolute Gasteiger partial charge is 0.367 e. The number of hydrogen-bond acceptors (Lipinski definition) is 4. The third kappa shape index (κ3) is 3.01. The number of anilines is 1. The molecule has 1 aliphatic heterocycles. The van der Waals surface area contributed by atoms with Crippen LogP contribution in [0.3, 0.4) is 0 Å². The Hall–Kier alpha value is -2.25. The van der Waals surface area contributed by atoms with Crippen molar-refractivity contribution in [1.82, 2.24) is 10.3 Å². The van der Waals surface area contributed by atoms with Crippen molar-refractivity contribution in [1.29, 1.82) is 5.26 Å². The number of fused-ring (bicyclic) bond motifs is 1. The van der Waals surface area contributed by atoms with Crippen LogP contribution in [0, 0.1) is 11.3 Å². The fourth-order valence-corrected chi connectivity index (χ4v) is 2.16. The summed E-state index contributed by atoms with van der Waals surface area (Å²) in [6.07, 6.45) is 11.9. The number of dihydropyridines is 1. The molecule has 2 N–H and O–H groups in total. The molecule has 1 atom stereocenters. The normalized spacial score (nSPS) is 18.9. The van der Waals surface area contributed by atoms with Crippen LogP contribution in [0.2, 0.25) is 0 Å². The summed E-state index contributed by atoms with van der Waals surface area (Å²) in [5, 5.41) is 17.4. The molecule has 4 nitrogen and oxygen atoms in total. The number of pyridine rings is 1. The summed E-state index contributed by atoms with van der Waals surface area (Å²) in [6, 6.07) is 6.15. The predicted molar refractivity (Wildman–Crippen MR) is 86.5 cm³/mol. The van der Waals surface area contributed by atoms with Crippen LogP contribution in [0.5, 0.6) is 0 Å². The minimum absolute atomic E-state index is 0. The van der Waals surface area contributed by atoms with Crippen molar-refractivity contribution >= 4 is 30.4 Å². The minimum atomic E-state index is -0.0322. The minimum Gasteiger partial charge on any atom is -0.367 e. The van der Waals surface area contributed by atoms with E-state index in [4.69, 9.17) is 5.26 Å². The summed E-state index contributed by atoms with van der Waals surface area (Å²) >= 11 is 0. The van der Waals surface area contributed by atoms with Crippen LogP contribution < -0.4 is 21.2 Å². The van der Waals surface area contributed by atoms with Crippen LogP contribution in [-0.2, 0) is 0 Å². The van der Waals surface area contributed by atoms with Crippen molar-refractivity contribution in [3.05, 3.63) is 46.6 Å². The number of halogens is 1. The smallest absolute Gasteiger partial charge is 0.128 e. The summed E-state index contributed by atoms with van der Waals surface area (Å²) in [7, 11) is 0. The zero-order chi connectivity index (χ0) is 13.1. The van der Waals surface area contributed by atoms with Crippen LogP contribution >= 0.6 is 12.4 Å². The highest BCUT2D eigenvalue weighted by molar-refractivity contribution is 5.85. The van der Waals surface area contributed by atoms with Gasteiger partial charge in [0.15, 0.2) is 0 Å². The van der Waals surface area contributed by atoms with Crippen LogP contribution in [0.25, 0.3) is 12.2 Å². The van der Waals surface area contributed by atoms with E-state index in [2.05, 4.69) is 39.9 Å². The molecule has 106 valence electrons. The second-order valence-electron chi connectivity index (χ2n) is 4.52. The maximum absolute atomic E-state index is 8.75. The zero-order valence-corrected chi connectivity index (χ0v) is 11.7. The van der Waals surface area contributed by atoms with Gasteiger partial charge in [0.2, 0.25) is 0 Å². The van der Waals surface area contributed by atoms with Gasteiger partial charge in [-0.15, -0.1) is 12.4 Å². The van der Waals surface area contributed by atoms with Gasteiger partial charge in [0, 0.05) is 9.05 Å². The molecule has 0 bridgehead atoms. The first-order valence-corrected chi connectivity index (χ1v) is 6.34. The number of allylic oxidation sites excluding steroid dienone is 2. The molecule has 5 heteroatoms. The standard InChI is InChI=1S/C15H14N4.ClH.2H2/c16-9-11-5-7-14(17-10-11)19-15-8-6-12-3-1-2-4-13(12)18-15;;;/h3-8,10,14,17H,1-2H2,(H,18,19);3*1H. The van der Waals surface area contributed by atoms with E-state index in [1.165, 1.54) is 5.22 Å². The lowest BCUT2D eigenvalue weighted by molar-refractivity contribution is 0.765. The number of aromatic nitrogens is 1. The van der Waals surface area contributed by atoms with E-state index in [1.807, 2.05) is 12.1 Å². The molecule has 20 heavy (non-hydrogen) atoms. The quantitative estimate of drug-likeness (QED) is 0.870. The first-order valence-electron chi connectivity index (χ1n) is 6.34. The van der Waals surface area contributed by atoms with Crippen molar-refractivity contribution in [2.45, 2.75) is 19.0 Å². The molecule has 1 aliphatic carbocycles. The van der Waals surface area contributed by atoms with E-state index < -0.39 is 0 Å². The summed E-state index contributed by atoms with van der Waals surface area (Å²) in [5.41, 5.74) is 0.624. The Bertz CT molecular complexity index is 722. The SMILES string of the molecule is Cl.N#CC1=CNC(Nc2ccc3c(n2)=CCCC=3)C=C1.[HH].[HH]. The van der Waals surface area contributed by atoms with Crippen LogP contribution in [-0.4, -0.2) is 11.1 Å². The third-order valence-electron chi connectivity index (χ3n) is 3.15. The van der Waals surface area contributed by atoms with Crippen molar-refractivity contribution in [3.63, 3.8) is 0 Å². The van der Waals surface area contributed by atoms with E-state index in [0.717, 1.165) is 24.0 Å². The second kappa shape index (κ2) is 6.27. The molecule has 0 saturated carbocycles. The van der Waals surface area contributed by atoms with Gasteiger partial charge in [-0.3, -0.25) is 0 Å². The fraction of sp³-hybridized carbons (Fsp3) is 0.200. The van der Waals surface area contributed by atoms with Crippen molar-refractivity contribution in [2.24, 2.45) is 0 Å². The molecule has 2 heterocycles. The van der Waals surface area contributed by atoms with Gasteiger partial charge in [0.1, 0.15) is 18.1 Å². The van der Waals surface area contributed by atoms with Gasteiger partial charge >= 0.3 is 0 Å². The molecular formula is C15H19ClN4. The third-order valence-corrected chi connectivity index (χ3v) is 3.15. The number of rotatable bonds is 2. The summed E-state index contributed by atoms with van der Waals surface area (Å²) in [5.74, 6) is 0.834. The van der Waals surface area contributed by atoms with Gasteiger partial charge in [0.25, 0.3) is 0 Å². The molecule has 3 rings (SSSR count). The molecule has 1 aromatic heterocycles. The lowest BCUT2D eigenvalue weighted by Gasteiger charge is -2.19. The van der Waals surface area contributed by atoms with Gasteiger partial charge in [0.05, 0.1) is 10.9 Å². The lowest BCUT2D eigenvalue weighted by atomic mass is 10.1. The van der Waals surface area contributed by atoms with Gasteiger partial charge in [-0.25, -0.2) is 4.98 Å². The Morgan fingerprint density at radius 3 is 2.95 bits per heavy atom. The highest BCUT2D eigenvalue weighted by Crippen LogP contribution is 2.06. The number of hydrogen-bond donors (Lipinski definition) is 2. The molecular weight excluding hydrogens is 272 g/mol. The molecule has 1 aromatic rings. The topological polar surface area (TPSA) is 60.7 Å². The molecule has 0 aromatic carbocycles. The Morgan fingerprint density at radius 2 is 2.20 bits per heavy atom. The van der Waals surface area contributed by atoms with Crippen LogP contribution in [0.15, 0.2) is 36.1 Å². The molecule has 0 saturated heterocycles. The Kier molecular flexibility index (Phi) is 4.44. The van der Waals surface area contributed by atoms with E-state index in [9.17, 15) is 0 Å². The van der Waals surface area contributed by atoms with Gasteiger partial charge in [-0.2, -0.15) is 5.26 Å². The Labute approximate surface area is 126 Å². The van der Waals surface area contributed by atoms with Crippen molar-refractivity contribution in [3.8, 4) is 6.07 Å². The van der Waals surface area contributed by atoms with E-state index in [0.29, 0.717) is 5.57 Å². The maximum atomic E-state index is 8.75. The zero-order valence-electron chi connectivity index (χ0n) is 10.8. The highest BCUT2D eigenvalue weighted by atomic mass is 35.5. The molecule has 0 radical (unpaired) electrons. The van der Waals surface area contributed by atoms with Gasteiger partial charge < -0.3 is 10.6 Å². The monoisotopic (exact) mass is 290 g/mol. The van der Waals surface area contributed by atoms with Gasteiger partial charge in [-0.05, 0) is 42.3 Å². The molecule has 0 fully saturated rings. The predicted octanol–water partition coefficient (Wildman–Crippen LogP) is 1.66. The lowest BCUT2D eigenvalue weighted by Crippen LogP contribution is -2.35. The maximum Gasteiger partial charge on any atom is 0.128 e. The Morgan fingerprint density at radius 1 is 1.35 bits per heavy atom. The van der Waals surface area contributed by atoms with Crippen molar-refractivity contribution < 1.29 is 2.85 Å². The molecule has 0 spiro atoms. The first kappa shape index (κ1) is 14.2. The highest BCUT2D eigenvalue weighted by Gasteiger charge is 2.07. The molecule has 0 amide bonds. The van der Waals surface area contributed by atoms with Crippen LogP contribution in [0.1, 0.15) is 15.7 Å². The number of nitrogens with zero attached hydrogens (tertiary/aromatic N) is 2. The Balaban J connectivity index is 0.00000147.